The Morgan fingerprint density at radius 1 is 1.29 bits per heavy atom. The highest BCUT2D eigenvalue weighted by Crippen LogP contribution is 2.27. The molecule has 7 heteroatoms. The highest BCUT2D eigenvalue weighted by atomic mass is 19.1. The van der Waals surface area contributed by atoms with Gasteiger partial charge in [-0.25, -0.2) is 9.37 Å². The summed E-state index contributed by atoms with van der Waals surface area (Å²) in [5.41, 5.74) is 1.65. The van der Waals surface area contributed by atoms with E-state index >= 15 is 0 Å². The molecule has 2 heterocycles. The summed E-state index contributed by atoms with van der Waals surface area (Å²) in [6.45, 7) is 3.39. The maximum Gasteiger partial charge on any atom is 0.263 e. The van der Waals surface area contributed by atoms with Crippen molar-refractivity contribution >= 4 is 22.6 Å². The van der Waals surface area contributed by atoms with Gasteiger partial charge in [0.1, 0.15) is 22.9 Å². The molecule has 6 nitrogen and oxygen atoms in total. The second-order valence-corrected chi connectivity index (χ2v) is 5.53. The average Bonchev–Trinajstić information content (AvgIpc) is 2.83. The van der Waals surface area contributed by atoms with Gasteiger partial charge in [0.2, 0.25) is 0 Å². The molecule has 2 aromatic heterocycles. The number of fused-ring (bicyclic) bond motifs is 1. The van der Waals surface area contributed by atoms with Crippen LogP contribution in [0.25, 0.3) is 10.9 Å². The number of nitrogens with zero attached hydrogens (tertiary/aromatic N) is 3. The lowest BCUT2D eigenvalue weighted by Crippen LogP contribution is -2.21. The van der Waals surface area contributed by atoms with Gasteiger partial charge in [0, 0.05) is 30.3 Å². The van der Waals surface area contributed by atoms with Gasteiger partial charge >= 0.3 is 0 Å². The fourth-order valence-corrected chi connectivity index (χ4v) is 2.47. The molecule has 0 spiro atoms. The van der Waals surface area contributed by atoms with Gasteiger partial charge in [-0.05, 0) is 26.0 Å². The van der Waals surface area contributed by atoms with Gasteiger partial charge in [-0.15, -0.1) is 0 Å². The summed E-state index contributed by atoms with van der Waals surface area (Å²) < 4.78 is 21.0. The molecule has 0 radical (unpaired) electrons. The van der Waals surface area contributed by atoms with Gasteiger partial charge in [-0.3, -0.25) is 9.48 Å². The van der Waals surface area contributed by atoms with Crippen LogP contribution in [0.1, 0.15) is 11.4 Å². The molecule has 0 saturated heterocycles. The Labute approximate surface area is 138 Å². The van der Waals surface area contributed by atoms with Crippen LogP contribution in [0.15, 0.2) is 30.3 Å². The first kappa shape index (κ1) is 15.9. The van der Waals surface area contributed by atoms with Crippen LogP contribution in [0.4, 0.5) is 10.2 Å². The zero-order valence-corrected chi connectivity index (χ0v) is 13.6. The highest BCUT2D eigenvalue weighted by molar-refractivity contribution is 5.92. The molecule has 0 aliphatic heterocycles. The lowest BCUT2D eigenvalue weighted by atomic mass is 10.2. The first-order valence-electron chi connectivity index (χ1n) is 7.43. The van der Waals surface area contributed by atoms with Crippen LogP contribution >= 0.6 is 0 Å². The third kappa shape index (κ3) is 3.19. The summed E-state index contributed by atoms with van der Waals surface area (Å²) in [6.07, 6.45) is 0. The summed E-state index contributed by atoms with van der Waals surface area (Å²) in [7, 11) is 1.74. The molecule has 3 aromatic rings. The number of carbonyl (C=O) groups is 1. The molecule has 0 bridgehead atoms. The van der Waals surface area contributed by atoms with Crippen LogP contribution < -0.4 is 10.1 Å². The molecule has 1 amide bonds. The number of hydrogen-bond donors (Lipinski definition) is 1. The number of carbonyl (C=O) groups excluding carboxylic acids is 1. The van der Waals surface area contributed by atoms with Crippen LogP contribution in [0.3, 0.4) is 0 Å². The van der Waals surface area contributed by atoms with Crippen molar-refractivity contribution in [2.45, 2.75) is 13.8 Å². The standard InChI is InChI=1S/C17H17FN4O2/c1-10-7-14(12-5-4-6-13(18)17(12)19-10)24-9-16(23)20-15-8-11(2)21-22(15)3/h4-8H,9H2,1-3H3,(H,20,23). The van der Waals surface area contributed by atoms with E-state index in [0.717, 1.165) is 5.69 Å². The molecule has 24 heavy (non-hydrogen) atoms. The highest BCUT2D eigenvalue weighted by Gasteiger charge is 2.12. The fourth-order valence-electron chi connectivity index (χ4n) is 2.47. The first-order valence-corrected chi connectivity index (χ1v) is 7.43. The van der Waals surface area contributed by atoms with E-state index in [-0.39, 0.29) is 18.0 Å². The summed E-state index contributed by atoms with van der Waals surface area (Å²) in [4.78, 5) is 16.2. The molecule has 0 aliphatic rings. The number of anilines is 1. The molecule has 0 aliphatic carbocycles. The van der Waals surface area contributed by atoms with Gasteiger partial charge in [0.25, 0.3) is 5.91 Å². The maximum absolute atomic E-state index is 13.9. The number of ether oxygens (including phenoxy) is 1. The summed E-state index contributed by atoms with van der Waals surface area (Å²) in [5.74, 6) is 0.268. The van der Waals surface area contributed by atoms with Gasteiger partial charge < -0.3 is 10.1 Å². The lowest BCUT2D eigenvalue weighted by molar-refractivity contribution is -0.118. The van der Waals surface area contributed by atoms with Gasteiger partial charge in [-0.1, -0.05) is 6.07 Å². The van der Waals surface area contributed by atoms with E-state index in [4.69, 9.17) is 4.74 Å². The number of amides is 1. The third-order valence-corrected chi connectivity index (χ3v) is 3.51. The Balaban J connectivity index is 1.77. The van der Waals surface area contributed by atoms with Crippen LogP contribution in [-0.2, 0) is 11.8 Å². The molecule has 1 N–H and O–H groups in total. The Morgan fingerprint density at radius 2 is 2.08 bits per heavy atom. The normalized spacial score (nSPS) is 10.8. The van der Waals surface area contributed by atoms with Crippen molar-refractivity contribution in [3.63, 3.8) is 0 Å². The number of halogens is 1. The van der Waals surface area contributed by atoms with Crippen LogP contribution in [-0.4, -0.2) is 27.3 Å². The van der Waals surface area contributed by atoms with Crippen molar-refractivity contribution in [2.75, 3.05) is 11.9 Å². The van der Waals surface area contributed by atoms with Crippen molar-refractivity contribution < 1.29 is 13.9 Å². The number of para-hydroxylation sites is 1. The van der Waals surface area contributed by atoms with Gasteiger partial charge in [0.05, 0.1) is 5.69 Å². The number of pyridine rings is 1. The summed E-state index contributed by atoms with van der Waals surface area (Å²) in [6, 6.07) is 8.08. The van der Waals surface area contributed by atoms with Crippen LogP contribution in [0, 0.1) is 19.7 Å². The van der Waals surface area contributed by atoms with Crippen molar-refractivity contribution in [3.05, 3.63) is 47.5 Å². The number of benzene rings is 1. The van der Waals surface area contributed by atoms with Crippen molar-refractivity contribution in [1.82, 2.24) is 14.8 Å². The van der Waals surface area contributed by atoms with E-state index in [2.05, 4.69) is 15.4 Å². The fraction of sp³-hybridized carbons (Fsp3) is 0.235. The topological polar surface area (TPSA) is 69.0 Å². The Hall–Kier alpha value is -2.96. The lowest BCUT2D eigenvalue weighted by Gasteiger charge is -2.11. The Kier molecular flexibility index (Phi) is 4.16. The Bertz CT molecular complexity index is 920. The minimum absolute atomic E-state index is 0.195. The second-order valence-electron chi connectivity index (χ2n) is 5.53. The number of rotatable bonds is 4. The molecule has 124 valence electrons. The van der Waals surface area contributed by atoms with E-state index in [0.29, 0.717) is 22.6 Å². The molecular formula is C17H17FN4O2. The maximum atomic E-state index is 13.9. The molecule has 0 unspecified atom stereocenters. The van der Waals surface area contributed by atoms with Crippen molar-refractivity contribution in [3.8, 4) is 5.75 Å². The molecule has 0 fully saturated rings. The molecular weight excluding hydrogens is 311 g/mol. The minimum atomic E-state index is -0.420. The van der Waals surface area contributed by atoms with E-state index in [1.165, 1.54) is 6.07 Å². The number of nitrogens with one attached hydrogen (secondary N) is 1. The van der Waals surface area contributed by atoms with Crippen LogP contribution in [0.2, 0.25) is 0 Å². The Morgan fingerprint density at radius 3 is 2.79 bits per heavy atom. The first-order chi connectivity index (χ1) is 11.4. The van der Waals surface area contributed by atoms with Gasteiger partial charge in [0.15, 0.2) is 6.61 Å². The molecule has 0 saturated carbocycles. The van der Waals surface area contributed by atoms with Crippen molar-refractivity contribution in [2.24, 2.45) is 7.05 Å². The third-order valence-electron chi connectivity index (χ3n) is 3.51. The summed E-state index contributed by atoms with van der Waals surface area (Å²) in [5, 5.41) is 7.41. The van der Waals surface area contributed by atoms with Gasteiger partial charge in [-0.2, -0.15) is 5.10 Å². The van der Waals surface area contributed by atoms with E-state index in [9.17, 15) is 9.18 Å². The number of aryl methyl sites for hydroxylation is 3. The van der Waals surface area contributed by atoms with E-state index in [1.54, 1.807) is 42.9 Å². The zero-order valence-electron chi connectivity index (χ0n) is 13.6. The average molecular weight is 328 g/mol. The zero-order chi connectivity index (χ0) is 17.3. The van der Waals surface area contributed by atoms with Crippen LogP contribution in [0.5, 0.6) is 5.75 Å². The van der Waals surface area contributed by atoms with Crippen molar-refractivity contribution in [1.29, 1.82) is 0 Å². The monoisotopic (exact) mass is 328 g/mol. The smallest absolute Gasteiger partial charge is 0.263 e. The number of aromatic nitrogens is 3. The molecule has 0 atom stereocenters. The predicted octanol–water partition coefficient (Wildman–Crippen LogP) is 2.74. The second kappa shape index (κ2) is 6.27. The quantitative estimate of drug-likeness (QED) is 0.799. The number of hydrogen-bond acceptors (Lipinski definition) is 4. The van der Waals surface area contributed by atoms with E-state index in [1.807, 2.05) is 6.92 Å². The molecule has 1 aromatic carbocycles. The van der Waals surface area contributed by atoms with E-state index < -0.39 is 5.82 Å². The molecule has 3 rings (SSSR count). The summed E-state index contributed by atoms with van der Waals surface area (Å²) >= 11 is 0. The largest absolute Gasteiger partial charge is 0.483 e. The predicted molar refractivity (Wildman–Crippen MR) is 88.5 cm³/mol. The minimum Gasteiger partial charge on any atom is -0.483 e. The SMILES string of the molecule is Cc1cc(OCC(=O)Nc2cc(C)nn2C)c2cccc(F)c2n1.